The maximum absolute atomic E-state index is 12.1. The summed E-state index contributed by atoms with van der Waals surface area (Å²) in [5.74, 6) is -2.98. The van der Waals surface area contributed by atoms with Crippen LogP contribution in [0.1, 0.15) is 15.9 Å². The number of carbonyl (C=O) groups excluding carboxylic acids is 1. The average molecular weight is 546 g/mol. The molecule has 7 N–H and O–H groups in total. The Bertz CT molecular complexity index is 1810. The normalized spacial score (nSPS) is 10.5. The van der Waals surface area contributed by atoms with Crippen molar-refractivity contribution in [1.29, 1.82) is 0 Å². The Balaban J connectivity index is 0.000000189. The Morgan fingerprint density at radius 1 is 0.700 bits per heavy atom. The van der Waals surface area contributed by atoms with Crippen LogP contribution in [0, 0.1) is 0 Å². The van der Waals surface area contributed by atoms with Gasteiger partial charge in [-0.25, -0.2) is 0 Å². The molecule has 0 fully saturated rings. The maximum Gasteiger partial charge on any atom is 0.238 e. The molecule has 0 unspecified atom stereocenters. The molecule has 0 aliphatic heterocycles. The summed E-state index contributed by atoms with van der Waals surface area (Å²) in [4.78, 5) is 24.3. The van der Waals surface area contributed by atoms with Crippen LogP contribution in [-0.2, 0) is 0 Å². The van der Waals surface area contributed by atoms with Crippen molar-refractivity contribution in [3.8, 4) is 57.3 Å². The number of rotatable bonds is 4. The van der Waals surface area contributed by atoms with Gasteiger partial charge in [0.2, 0.25) is 11.2 Å². The summed E-state index contributed by atoms with van der Waals surface area (Å²) in [5.41, 5.74) is -0.617. The van der Waals surface area contributed by atoms with Gasteiger partial charge in [-0.3, -0.25) is 9.59 Å². The summed E-state index contributed by atoms with van der Waals surface area (Å²) in [6.07, 6.45) is 0. The standard InChI is InChI=1S/C15H10O7.C14H12O4/c16-7-4-10(19)12-11(5-7)22-15(14(21)13(12)20)6-1-2-8(17)9(18)3-6;1-18-9-6-7-11(13(16)8-9)14(17)10-4-2-3-5-12(10)15/h1-5,16-19,21H;2-8,15-16H,1H3. The highest BCUT2D eigenvalue weighted by Gasteiger charge is 2.20. The second-order valence-electron chi connectivity index (χ2n) is 8.38. The van der Waals surface area contributed by atoms with Crippen molar-refractivity contribution >= 4 is 16.8 Å². The van der Waals surface area contributed by atoms with Crippen LogP contribution in [0.15, 0.2) is 82.0 Å². The number of fused-ring (bicyclic) bond motifs is 1. The van der Waals surface area contributed by atoms with Gasteiger partial charge in [-0.1, -0.05) is 12.1 Å². The van der Waals surface area contributed by atoms with E-state index in [4.69, 9.17) is 9.15 Å². The predicted octanol–water partition coefficient (Wildman–Crippen LogP) is 4.33. The smallest absolute Gasteiger partial charge is 0.238 e. The number of ether oxygens (including phenoxy) is 1. The molecule has 11 nitrogen and oxygen atoms in total. The Kier molecular flexibility index (Phi) is 7.39. The number of ketones is 1. The third-order valence-electron chi connectivity index (χ3n) is 5.77. The number of aromatic hydroxyl groups is 7. The lowest BCUT2D eigenvalue weighted by Gasteiger charge is -2.08. The van der Waals surface area contributed by atoms with Crippen molar-refractivity contribution in [3.63, 3.8) is 0 Å². The number of benzene rings is 4. The molecule has 0 aliphatic rings. The molecule has 5 aromatic rings. The molecule has 0 aliphatic carbocycles. The third-order valence-corrected chi connectivity index (χ3v) is 5.77. The zero-order chi connectivity index (χ0) is 29.1. The van der Waals surface area contributed by atoms with Crippen molar-refractivity contribution in [3.05, 3.63) is 94.1 Å². The van der Waals surface area contributed by atoms with Crippen LogP contribution in [0.25, 0.3) is 22.3 Å². The number of phenols is 6. The second kappa shape index (κ2) is 10.9. The van der Waals surface area contributed by atoms with Crippen LogP contribution in [-0.4, -0.2) is 48.6 Å². The predicted molar refractivity (Wildman–Crippen MR) is 142 cm³/mol. The molecule has 40 heavy (non-hydrogen) atoms. The van der Waals surface area contributed by atoms with Gasteiger partial charge in [0.15, 0.2) is 23.0 Å². The lowest BCUT2D eigenvalue weighted by atomic mass is 10.0. The fourth-order valence-corrected chi connectivity index (χ4v) is 3.78. The number of hydrogen-bond acceptors (Lipinski definition) is 11. The van der Waals surface area contributed by atoms with Gasteiger partial charge in [-0.2, -0.15) is 0 Å². The number of para-hydroxylation sites is 1. The first-order chi connectivity index (χ1) is 19.0. The van der Waals surface area contributed by atoms with E-state index in [0.717, 1.165) is 24.3 Å². The van der Waals surface area contributed by atoms with E-state index in [2.05, 4.69) is 0 Å². The van der Waals surface area contributed by atoms with E-state index in [-0.39, 0.29) is 56.4 Å². The first-order valence-electron chi connectivity index (χ1n) is 11.5. The van der Waals surface area contributed by atoms with E-state index in [9.17, 15) is 45.3 Å². The molecule has 11 heteroatoms. The molecule has 0 saturated carbocycles. The lowest BCUT2D eigenvalue weighted by molar-refractivity contribution is 0.103. The molecule has 0 radical (unpaired) electrons. The first-order valence-corrected chi connectivity index (χ1v) is 11.5. The maximum atomic E-state index is 12.1. The van der Waals surface area contributed by atoms with Crippen molar-refractivity contribution in [2.24, 2.45) is 0 Å². The summed E-state index contributed by atoms with van der Waals surface area (Å²) in [6.45, 7) is 0. The molecule has 0 amide bonds. The topological polar surface area (TPSA) is 198 Å². The Morgan fingerprint density at radius 3 is 2.05 bits per heavy atom. The fraction of sp³-hybridized carbons (Fsp3) is 0.0345. The molecular weight excluding hydrogens is 524 g/mol. The molecule has 1 heterocycles. The minimum atomic E-state index is -0.888. The van der Waals surface area contributed by atoms with Crippen molar-refractivity contribution < 1.29 is 49.7 Å². The van der Waals surface area contributed by atoms with E-state index in [1.165, 1.54) is 37.4 Å². The fourth-order valence-electron chi connectivity index (χ4n) is 3.78. The van der Waals surface area contributed by atoms with Gasteiger partial charge in [-0.05, 0) is 42.5 Å². The van der Waals surface area contributed by atoms with Crippen LogP contribution in [0.3, 0.4) is 0 Å². The van der Waals surface area contributed by atoms with Gasteiger partial charge in [-0.15, -0.1) is 0 Å². The van der Waals surface area contributed by atoms with Crippen LogP contribution in [0.2, 0.25) is 0 Å². The summed E-state index contributed by atoms with van der Waals surface area (Å²) >= 11 is 0. The number of carbonyl (C=O) groups is 1. The van der Waals surface area contributed by atoms with Crippen molar-refractivity contribution in [2.75, 3.05) is 7.11 Å². The highest BCUT2D eigenvalue weighted by atomic mass is 16.5. The van der Waals surface area contributed by atoms with Gasteiger partial charge in [0, 0.05) is 23.8 Å². The van der Waals surface area contributed by atoms with Crippen LogP contribution in [0.5, 0.6) is 46.0 Å². The first kappa shape index (κ1) is 27.2. The van der Waals surface area contributed by atoms with E-state index in [1.807, 2.05) is 0 Å². The monoisotopic (exact) mass is 546 g/mol. The highest BCUT2D eigenvalue weighted by Crippen LogP contribution is 2.37. The molecule has 0 spiro atoms. The molecule has 1 aromatic heterocycles. The minimum absolute atomic E-state index is 0.113. The van der Waals surface area contributed by atoms with Crippen LogP contribution >= 0.6 is 0 Å². The second-order valence-corrected chi connectivity index (χ2v) is 8.38. The summed E-state index contributed by atoms with van der Waals surface area (Å²) < 4.78 is 10.3. The van der Waals surface area contributed by atoms with Crippen molar-refractivity contribution in [1.82, 2.24) is 0 Å². The van der Waals surface area contributed by atoms with Crippen LogP contribution < -0.4 is 10.2 Å². The molecule has 0 saturated heterocycles. The Labute approximate surface area is 225 Å². The zero-order valence-corrected chi connectivity index (χ0v) is 20.7. The number of methoxy groups -OCH3 is 1. The lowest BCUT2D eigenvalue weighted by Crippen LogP contribution is -2.02. The van der Waals surface area contributed by atoms with Gasteiger partial charge in [0.05, 0.1) is 18.2 Å². The SMILES string of the molecule is COc1ccc(C(=O)c2ccccc2O)c(O)c1.O=c1c(O)c(-c2ccc(O)c(O)c2)oc2cc(O)cc(O)c12. The van der Waals surface area contributed by atoms with E-state index < -0.39 is 28.5 Å². The largest absolute Gasteiger partial charge is 0.508 e. The third kappa shape index (κ3) is 5.24. The molecule has 5 rings (SSSR count). The number of hydrogen-bond donors (Lipinski definition) is 7. The van der Waals surface area contributed by atoms with Crippen molar-refractivity contribution in [2.45, 2.75) is 0 Å². The molecule has 204 valence electrons. The zero-order valence-electron chi connectivity index (χ0n) is 20.7. The van der Waals surface area contributed by atoms with E-state index in [0.29, 0.717) is 5.75 Å². The average Bonchev–Trinajstić information content (AvgIpc) is 2.92. The molecular formula is C29H22O11. The summed E-state index contributed by atoms with van der Waals surface area (Å²) in [7, 11) is 1.47. The molecule has 0 bridgehead atoms. The highest BCUT2D eigenvalue weighted by molar-refractivity contribution is 6.12. The molecule has 0 atom stereocenters. The minimum Gasteiger partial charge on any atom is -0.508 e. The van der Waals surface area contributed by atoms with E-state index >= 15 is 0 Å². The number of phenolic OH excluding ortho intramolecular Hbond substituents is 6. The summed E-state index contributed by atoms with van der Waals surface area (Å²) in [6, 6.07) is 16.2. The molecule has 4 aromatic carbocycles. The van der Waals surface area contributed by atoms with Gasteiger partial charge in [0.1, 0.15) is 39.7 Å². The van der Waals surface area contributed by atoms with Gasteiger partial charge in [0.25, 0.3) is 0 Å². The van der Waals surface area contributed by atoms with Crippen LogP contribution in [0.4, 0.5) is 0 Å². The van der Waals surface area contributed by atoms with Gasteiger partial charge >= 0.3 is 0 Å². The van der Waals surface area contributed by atoms with E-state index in [1.54, 1.807) is 18.2 Å². The van der Waals surface area contributed by atoms with Gasteiger partial charge < -0.3 is 44.9 Å². The Morgan fingerprint density at radius 2 is 1.40 bits per heavy atom. The Hall–Kier alpha value is -5.84. The summed E-state index contributed by atoms with van der Waals surface area (Å²) in [5, 5.41) is 67.0. The quantitative estimate of drug-likeness (QED) is 0.125.